The molecule has 0 saturated heterocycles. The molecule has 0 spiro atoms. The van der Waals surface area contributed by atoms with Crippen molar-refractivity contribution in [3.05, 3.63) is 42.0 Å². The number of carbonyl (C=O) groups is 1. The first-order valence-corrected chi connectivity index (χ1v) is 5.66. The fourth-order valence-electron chi connectivity index (χ4n) is 2.00. The second-order valence-corrected chi connectivity index (χ2v) is 4.12. The average Bonchev–Trinajstić information content (AvgIpc) is 2.30. The van der Waals surface area contributed by atoms with Gasteiger partial charge in [0, 0.05) is 17.5 Å². The maximum absolute atomic E-state index is 11.7. The molecule has 2 heteroatoms. The second-order valence-electron chi connectivity index (χ2n) is 4.12. The molecule has 1 aliphatic carbocycles. The summed E-state index contributed by atoms with van der Waals surface area (Å²) in [7, 11) is 0. The van der Waals surface area contributed by atoms with E-state index >= 15 is 0 Å². The van der Waals surface area contributed by atoms with E-state index in [4.69, 9.17) is 4.74 Å². The summed E-state index contributed by atoms with van der Waals surface area (Å²) in [5, 5.41) is 0. The molecule has 0 amide bonds. The van der Waals surface area contributed by atoms with Crippen LogP contribution in [0.25, 0.3) is 0 Å². The number of ether oxygens (including phenoxy) is 1. The van der Waals surface area contributed by atoms with Gasteiger partial charge in [0.25, 0.3) is 0 Å². The van der Waals surface area contributed by atoms with Crippen molar-refractivity contribution < 1.29 is 9.53 Å². The van der Waals surface area contributed by atoms with Gasteiger partial charge in [-0.25, -0.2) is 0 Å². The number of Topliss-reactive ketones (excluding diaryl/α,β-unsaturated/α-hetero) is 1. The van der Waals surface area contributed by atoms with E-state index < -0.39 is 0 Å². The first kappa shape index (κ1) is 10.9. The maximum Gasteiger partial charge on any atom is 0.163 e. The Hall–Kier alpha value is -1.57. The lowest BCUT2D eigenvalue weighted by molar-refractivity contribution is 0.0971. The number of fused-ring (bicyclic) bond motifs is 1. The van der Waals surface area contributed by atoms with Crippen molar-refractivity contribution in [2.24, 2.45) is 0 Å². The van der Waals surface area contributed by atoms with Gasteiger partial charge in [0.2, 0.25) is 0 Å². The average molecular weight is 216 g/mol. The molecule has 0 bridgehead atoms. The second kappa shape index (κ2) is 4.52. The lowest BCUT2D eigenvalue weighted by Gasteiger charge is -2.20. The Morgan fingerprint density at radius 1 is 1.44 bits per heavy atom. The molecule has 16 heavy (non-hydrogen) atoms. The van der Waals surface area contributed by atoms with Crippen LogP contribution in [0.3, 0.4) is 0 Å². The lowest BCUT2D eigenvalue weighted by atomic mass is 9.90. The molecule has 1 aromatic rings. The van der Waals surface area contributed by atoms with Crippen LogP contribution in [-0.4, -0.2) is 11.9 Å². The van der Waals surface area contributed by atoms with Crippen LogP contribution in [0.15, 0.2) is 30.9 Å². The van der Waals surface area contributed by atoms with Crippen LogP contribution in [0.5, 0.6) is 5.75 Å². The predicted molar refractivity (Wildman–Crippen MR) is 64.0 cm³/mol. The first-order chi connectivity index (χ1) is 7.72. The van der Waals surface area contributed by atoms with E-state index in [9.17, 15) is 4.79 Å². The number of benzene rings is 1. The molecule has 2 nitrogen and oxygen atoms in total. The molecule has 1 atom stereocenters. The van der Waals surface area contributed by atoms with Crippen molar-refractivity contribution in [3.63, 3.8) is 0 Å². The summed E-state index contributed by atoms with van der Waals surface area (Å²) < 4.78 is 5.74. The van der Waals surface area contributed by atoms with Crippen molar-refractivity contribution in [3.8, 4) is 5.75 Å². The highest BCUT2D eigenvalue weighted by atomic mass is 16.5. The van der Waals surface area contributed by atoms with Crippen molar-refractivity contribution in [1.82, 2.24) is 0 Å². The molecule has 84 valence electrons. The van der Waals surface area contributed by atoms with Crippen LogP contribution >= 0.6 is 0 Å². The van der Waals surface area contributed by atoms with Gasteiger partial charge in [0.15, 0.2) is 5.78 Å². The molecule has 0 N–H and O–H groups in total. The van der Waals surface area contributed by atoms with E-state index in [-0.39, 0.29) is 11.9 Å². The topological polar surface area (TPSA) is 26.3 Å². The number of carbonyl (C=O) groups excluding carboxylic acids is 1. The summed E-state index contributed by atoms with van der Waals surface area (Å²) >= 11 is 0. The van der Waals surface area contributed by atoms with Crippen LogP contribution in [0.4, 0.5) is 0 Å². The Bertz CT molecular complexity index is 421. The standard InChI is InChI=1S/C14H16O2/c1-3-10(2)16-14-9-5-6-11-12(14)7-4-8-13(11)15/h3,5-6,9-10H,1,4,7-8H2,2H3. The molecule has 1 aromatic carbocycles. The van der Waals surface area contributed by atoms with Crippen molar-refractivity contribution in [2.75, 3.05) is 0 Å². The molecule has 1 aliphatic rings. The van der Waals surface area contributed by atoms with Crippen LogP contribution in [0, 0.1) is 0 Å². The number of rotatable bonds is 3. The maximum atomic E-state index is 11.7. The normalized spacial score (nSPS) is 16.4. The fourth-order valence-corrected chi connectivity index (χ4v) is 2.00. The third-order valence-corrected chi connectivity index (χ3v) is 2.91. The van der Waals surface area contributed by atoms with Gasteiger partial charge >= 0.3 is 0 Å². The Morgan fingerprint density at radius 2 is 2.25 bits per heavy atom. The van der Waals surface area contributed by atoms with Gasteiger partial charge in [-0.2, -0.15) is 0 Å². The third kappa shape index (κ3) is 2.01. The van der Waals surface area contributed by atoms with Crippen LogP contribution in [0.1, 0.15) is 35.7 Å². The van der Waals surface area contributed by atoms with Gasteiger partial charge in [0.05, 0.1) is 0 Å². The smallest absolute Gasteiger partial charge is 0.163 e. The minimum atomic E-state index is -0.0245. The van der Waals surface area contributed by atoms with Gasteiger partial charge in [0.1, 0.15) is 11.9 Å². The summed E-state index contributed by atoms with van der Waals surface area (Å²) in [6, 6.07) is 5.70. The Morgan fingerprint density at radius 3 is 3.00 bits per heavy atom. The summed E-state index contributed by atoms with van der Waals surface area (Å²) in [6.45, 7) is 5.63. The SMILES string of the molecule is C=CC(C)Oc1cccc2c1CCCC2=O. The molecule has 0 radical (unpaired) electrons. The van der Waals surface area contributed by atoms with Gasteiger partial charge in [-0.3, -0.25) is 4.79 Å². The van der Waals surface area contributed by atoms with E-state index in [0.717, 1.165) is 29.7 Å². The van der Waals surface area contributed by atoms with E-state index in [1.165, 1.54) is 0 Å². The van der Waals surface area contributed by atoms with Crippen LogP contribution in [0.2, 0.25) is 0 Å². The highest BCUT2D eigenvalue weighted by Gasteiger charge is 2.20. The quantitative estimate of drug-likeness (QED) is 0.725. The molecular weight excluding hydrogens is 200 g/mol. The van der Waals surface area contributed by atoms with E-state index in [1.54, 1.807) is 6.08 Å². The minimum absolute atomic E-state index is 0.0245. The van der Waals surface area contributed by atoms with Crippen LogP contribution in [-0.2, 0) is 6.42 Å². The first-order valence-electron chi connectivity index (χ1n) is 5.66. The van der Waals surface area contributed by atoms with Gasteiger partial charge in [-0.05, 0) is 25.8 Å². The Balaban J connectivity index is 2.36. The molecule has 2 rings (SSSR count). The van der Waals surface area contributed by atoms with Gasteiger partial charge < -0.3 is 4.74 Å². The molecule has 0 fully saturated rings. The summed E-state index contributed by atoms with van der Waals surface area (Å²) in [5.74, 6) is 1.07. The Labute approximate surface area is 95.9 Å². The molecule has 0 aliphatic heterocycles. The highest BCUT2D eigenvalue weighted by molar-refractivity contribution is 5.99. The molecule has 0 aromatic heterocycles. The monoisotopic (exact) mass is 216 g/mol. The summed E-state index contributed by atoms with van der Waals surface area (Å²) in [6.07, 6.45) is 4.25. The van der Waals surface area contributed by atoms with E-state index in [0.29, 0.717) is 6.42 Å². The zero-order valence-electron chi connectivity index (χ0n) is 9.53. The number of ketones is 1. The van der Waals surface area contributed by atoms with Gasteiger partial charge in [-0.15, -0.1) is 0 Å². The molecule has 1 unspecified atom stereocenters. The van der Waals surface area contributed by atoms with E-state index in [2.05, 4.69) is 6.58 Å². The lowest BCUT2D eigenvalue weighted by Crippen LogP contribution is -2.15. The zero-order valence-corrected chi connectivity index (χ0v) is 9.53. The highest BCUT2D eigenvalue weighted by Crippen LogP contribution is 2.30. The zero-order chi connectivity index (χ0) is 11.5. The Kier molecular flexibility index (Phi) is 3.09. The molecule has 0 saturated carbocycles. The fraction of sp³-hybridized carbons (Fsp3) is 0.357. The van der Waals surface area contributed by atoms with Crippen molar-refractivity contribution in [2.45, 2.75) is 32.3 Å². The van der Waals surface area contributed by atoms with E-state index in [1.807, 2.05) is 25.1 Å². The number of hydrogen-bond donors (Lipinski definition) is 0. The van der Waals surface area contributed by atoms with Crippen molar-refractivity contribution >= 4 is 5.78 Å². The largest absolute Gasteiger partial charge is 0.486 e. The molecule has 0 heterocycles. The molecular formula is C14H16O2. The minimum Gasteiger partial charge on any atom is -0.486 e. The predicted octanol–water partition coefficient (Wildman–Crippen LogP) is 3.16. The number of hydrogen-bond acceptors (Lipinski definition) is 2. The van der Waals surface area contributed by atoms with Gasteiger partial charge in [-0.1, -0.05) is 24.8 Å². The van der Waals surface area contributed by atoms with Crippen molar-refractivity contribution in [1.29, 1.82) is 0 Å². The van der Waals surface area contributed by atoms with Crippen LogP contribution < -0.4 is 4.74 Å². The summed E-state index contributed by atoms with van der Waals surface area (Å²) in [4.78, 5) is 11.7. The summed E-state index contributed by atoms with van der Waals surface area (Å²) in [5.41, 5.74) is 1.90. The third-order valence-electron chi connectivity index (χ3n) is 2.91.